The van der Waals surface area contributed by atoms with Crippen molar-refractivity contribution in [1.82, 2.24) is 49.0 Å². The number of likely N-dealkylation sites (N-methyl/N-ethyl adjacent to an activating group) is 5. The van der Waals surface area contributed by atoms with Gasteiger partial charge in [0.05, 0.1) is 30.9 Å². The summed E-state index contributed by atoms with van der Waals surface area (Å²) in [6.45, 7) is 11.0. The van der Waals surface area contributed by atoms with Crippen molar-refractivity contribution in [3.63, 3.8) is 0 Å². The number of piperidine rings is 1. The van der Waals surface area contributed by atoms with Crippen molar-refractivity contribution in [2.24, 2.45) is 66.2 Å². The average molecular weight is 2130 g/mol. The van der Waals surface area contributed by atoms with E-state index in [2.05, 4.69) is 232 Å². The van der Waals surface area contributed by atoms with Gasteiger partial charge in [0.25, 0.3) is 5.92 Å². The summed E-state index contributed by atoms with van der Waals surface area (Å²) in [4.78, 5) is 89.1. The van der Waals surface area contributed by atoms with Gasteiger partial charge in [-0.1, -0.05) is 105 Å². The van der Waals surface area contributed by atoms with E-state index in [1.54, 1.807) is 0 Å². The number of fused-ring (bicyclic) bond motifs is 10. The van der Waals surface area contributed by atoms with E-state index in [-0.39, 0.29) is 134 Å². The number of hydrogen-bond donors (Lipinski definition) is 9. The van der Waals surface area contributed by atoms with Gasteiger partial charge in [-0.05, 0) is 279 Å². The second kappa shape index (κ2) is 41.5. The Morgan fingerprint density at radius 3 is 1.08 bits per heavy atom. The van der Waals surface area contributed by atoms with Gasteiger partial charge in [-0.15, -0.1) is 0 Å². The first-order chi connectivity index (χ1) is 64.8. The van der Waals surface area contributed by atoms with Crippen LogP contribution in [-0.2, 0) is 68.5 Å². The van der Waals surface area contributed by atoms with Crippen LogP contribution in [0.4, 0.5) is 22.0 Å². The average Bonchev–Trinajstić information content (AvgIpc) is 1.47. The van der Waals surface area contributed by atoms with Crippen LogP contribution >= 0.6 is 63.7 Å². The number of alkyl halides is 5. The smallest absolute Gasteiger partial charge is 0.250 e. The number of aromatic amines is 4. The third-order valence-electron chi connectivity index (χ3n) is 31.8. The zero-order valence-corrected chi connectivity index (χ0v) is 85.7. The Balaban J connectivity index is 0.000000123. The van der Waals surface area contributed by atoms with Crippen LogP contribution in [0.3, 0.4) is 0 Å². The first-order valence-electron chi connectivity index (χ1n) is 47.9. The van der Waals surface area contributed by atoms with Gasteiger partial charge in [0, 0.05) is 242 Å². The SMILES string of the molecule is CC(F)C(CO)CC(=O)C1C=C2c3cccc4[nH]c(Br)c(c34)CC2N(C)C1.CC(F)C(CO)CC(=O)C1C=C2c3cccc4[nH]c(Br)c(c34)CC2N(C)C1.CC(F)C(CO)CC(=O)C1CN(C)C2Cc3cn(C)c4cccc(c34)C2(C)C1.CCC(CO)CC(=O)C1C=C2c3cccc4[nH]c(Br)c(c34)CC2N(C)C1.CN1CC(C(=O)CC(CO)C(C)(F)F)C=C2c3cccc4[nH]c(Br)c(c34)CC21. The van der Waals surface area contributed by atoms with Crippen LogP contribution in [0.1, 0.15) is 142 Å². The van der Waals surface area contributed by atoms with E-state index in [9.17, 15) is 71.5 Å². The van der Waals surface area contributed by atoms with Gasteiger partial charge < -0.3 is 54.9 Å². The number of aryl methyl sites for hydroxylation is 1. The van der Waals surface area contributed by atoms with Crippen LogP contribution in [0.15, 0.2) is 140 Å². The number of aliphatic hydroxyl groups is 5. The molecule has 9 N–H and O–H groups in total. The molecule has 20 nitrogen and oxygen atoms in total. The fourth-order valence-electron chi connectivity index (χ4n) is 23.7. The maximum absolute atomic E-state index is 13.7. The maximum Gasteiger partial charge on any atom is 0.250 e. The minimum absolute atomic E-state index is 0.00423. The number of benzene rings is 5. The Kier molecular flexibility index (Phi) is 30.9. The molecule has 10 aliphatic rings. The molecular formula is C107H127Br4F5N10O10. The summed E-state index contributed by atoms with van der Waals surface area (Å²) in [5.74, 6) is -7.31. The van der Waals surface area contributed by atoms with E-state index in [4.69, 9.17) is 0 Å². The molecular weight excluding hydrogens is 2000 g/mol. The highest BCUT2D eigenvalue weighted by atomic mass is 79.9. The first kappa shape index (κ1) is 101. The van der Waals surface area contributed by atoms with Gasteiger partial charge in [-0.25, -0.2) is 22.0 Å². The normalized spacial score (nSPS) is 25.1. The van der Waals surface area contributed by atoms with Crippen molar-refractivity contribution in [2.75, 3.05) is 101 Å². The fraction of sp³-hybridized carbons (Fsp3) is 0.505. The molecule has 19 atom stereocenters. The third kappa shape index (κ3) is 19.7. The number of hydrogen-bond acceptors (Lipinski definition) is 15. The summed E-state index contributed by atoms with van der Waals surface area (Å²) < 4.78 is 74.5. The number of nitrogens with one attached hydrogen (secondary N) is 4. The summed E-state index contributed by atoms with van der Waals surface area (Å²) in [6, 6.07) is 32.6. The van der Waals surface area contributed by atoms with E-state index in [0.717, 1.165) is 115 Å². The molecule has 1 saturated heterocycles. The molecule has 10 aromatic rings. The molecule has 5 aromatic heterocycles. The molecule has 0 spiro atoms. The van der Waals surface area contributed by atoms with E-state index in [1.807, 2.05) is 58.4 Å². The molecule has 20 rings (SSSR count). The van der Waals surface area contributed by atoms with Crippen LogP contribution in [0.5, 0.6) is 0 Å². The molecule has 5 aromatic carbocycles. The monoisotopic (exact) mass is 2120 g/mol. The summed E-state index contributed by atoms with van der Waals surface area (Å²) in [7, 11) is 12.4. The van der Waals surface area contributed by atoms with Crippen molar-refractivity contribution < 1.29 is 71.5 Å². The minimum Gasteiger partial charge on any atom is -0.396 e. The first-order valence-corrected chi connectivity index (χ1v) is 51.1. The summed E-state index contributed by atoms with van der Waals surface area (Å²) in [6.07, 6.45) is 13.6. The molecule has 19 unspecified atom stereocenters. The predicted octanol–water partition coefficient (Wildman–Crippen LogP) is 18.5. The Labute approximate surface area is 825 Å². The number of Topliss-reactive ketones (excluding diaryl/α,β-unsaturated/α-hetero) is 5. The number of likely N-dealkylation sites (tertiary alicyclic amines) is 1. The molecule has 0 bridgehead atoms. The van der Waals surface area contributed by atoms with Gasteiger partial charge in [-0.2, -0.15) is 0 Å². The molecule has 728 valence electrons. The minimum atomic E-state index is -3.08. The van der Waals surface area contributed by atoms with Gasteiger partial charge in [0.15, 0.2) is 0 Å². The Bertz CT molecular complexity index is 6190. The molecule has 1 fully saturated rings. The number of carbonyl (C=O) groups excluding carboxylic acids is 5. The number of aromatic nitrogens is 5. The summed E-state index contributed by atoms with van der Waals surface area (Å²) >= 11 is 14.6. The summed E-state index contributed by atoms with van der Waals surface area (Å²) in [5.41, 5.74) is 22.8. The van der Waals surface area contributed by atoms with Gasteiger partial charge in [-0.3, -0.25) is 43.6 Å². The second-order valence-electron chi connectivity index (χ2n) is 40.6. The van der Waals surface area contributed by atoms with Crippen molar-refractivity contribution in [2.45, 2.75) is 179 Å². The zero-order valence-electron chi connectivity index (χ0n) is 79.4. The lowest BCUT2D eigenvalue weighted by molar-refractivity contribution is -0.129. The van der Waals surface area contributed by atoms with Gasteiger partial charge >= 0.3 is 0 Å². The van der Waals surface area contributed by atoms with Crippen molar-refractivity contribution >= 4 is 169 Å². The van der Waals surface area contributed by atoms with Crippen LogP contribution in [0, 0.1) is 59.2 Å². The molecule has 10 heterocycles. The molecule has 5 aliphatic carbocycles. The number of H-pyrrole nitrogens is 4. The number of halogens is 9. The predicted molar refractivity (Wildman–Crippen MR) is 542 cm³/mol. The lowest BCUT2D eigenvalue weighted by Crippen LogP contribution is -2.58. The lowest BCUT2D eigenvalue weighted by Gasteiger charge is -2.52. The Morgan fingerprint density at radius 1 is 0.434 bits per heavy atom. The Morgan fingerprint density at radius 2 is 0.765 bits per heavy atom. The zero-order chi connectivity index (χ0) is 97.4. The number of ketones is 5. The largest absolute Gasteiger partial charge is 0.396 e. The van der Waals surface area contributed by atoms with Crippen molar-refractivity contribution in [1.29, 1.82) is 0 Å². The Hall–Kier alpha value is -7.72. The highest BCUT2D eigenvalue weighted by Crippen LogP contribution is 2.53. The van der Waals surface area contributed by atoms with Crippen LogP contribution < -0.4 is 0 Å². The number of aliphatic hydroxyl groups excluding tert-OH is 5. The quantitative estimate of drug-likeness (QED) is 0.0241. The van der Waals surface area contributed by atoms with E-state index < -0.39 is 60.6 Å². The highest BCUT2D eigenvalue weighted by Gasteiger charge is 2.51. The summed E-state index contributed by atoms with van der Waals surface area (Å²) in [5, 5.41) is 53.1. The third-order valence-corrected chi connectivity index (χ3v) is 34.5. The maximum atomic E-state index is 13.7. The number of rotatable bonds is 25. The van der Waals surface area contributed by atoms with E-state index in [0.29, 0.717) is 44.7 Å². The molecule has 29 heteroatoms. The molecule has 0 amide bonds. The van der Waals surface area contributed by atoms with Gasteiger partial charge in [0.2, 0.25) is 0 Å². The van der Waals surface area contributed by atoms with Crippen molar-refractivity contribution in [3.05, 3.63) is 196 Å². The van der Waals surface area contributed by atoms with Crippen LogP contribution in [0.2, 0.25) is 0 Å². The number of nitrogens with zero attached hydrogens (tertiary/aromatic N) is 6. The van der Waals surface area contributed by atoms with Gasteiger partial charge in [0.1, 0.15) is 47.4 Å². The number of carbonyl (C=O) groups is 5. The van der Waals surface area contributed by atoms with E-state index in [1.165, 1.54) is 115 Å². The lowest BCUT2D eigenvalue weighted by atomic mass is 9.61. The van der Waals surface area contributed by atoms with E-state index >= 15 is 0 Å². The fourth-order valence-corrected chi connectivity index (χ4v) is 26.0. The molecule has 5 aliphatic heterocycles. The molecule has 0 saturated carbocycles. The molecule has 0 radical (unpaired) electrons. The highest BCUT2D eigenvalue weighted by molar-refractivity contribution is 9.11. The van der Waals surface area contributed by atoms with Crippen LogP contribution in [0.25, 0.3) is 76.8 Å². The van der Waals surface area contributed by atoms with Crippen LogP contribution in [-0.4, -0.2) is 259 Å². The second-order valence-corrected chi connectivity index (χ2v) is 43.8. The van der Waals surface area contributed by atoms with Crippen molar-refractivity contribution in [3.8, 4) is 0 Å². The topological polar surface area (TPSA) is 271 Å². The molecule has 136 heavy (non-hydrogen) atoms. The standard InChI is InChI=1S/C23H31FN2O2.C21H23BrF2N2O2.2C21H24BrFN2O2.C21H25BrN2O2/c1-14(24)16(13-27)8-20(28)17-10-23(2)18-6-5-7-19-22(18)15(11-25(19)3)9-21(23)26(4)12-17;1-21(23,24)12(10-27)7-18(28)11-6-14-13-4-3-5-16-19(13)15(20(22)25-16)8-17(14)26(2)9-11;2*1-11(23)13(10-26)7-19(27)12-6-15-14-4-3-5-17-20(14)16(21(22)24-17)8-18(15)25(2)9-12;1-3-12(11-25)7-19(26)13-8-15-14-5-4-6-17-20(14)16(21(22)23-17)9-18(15)24(2)10-13/h5-7,11,14,16-17,21,27H,8-10,12-13H2,1-4H3;3-6,11-12,17,25,27H,7-10H2,1-2H3;2*3-6,11-13,18,24,26H,7-10H2,1-2H3;4-6,8,12-13,18,23,25H,3,7,9-11H2,1-2H3.